The summed E-state index contributed by atoms with van der Waals surface area (Å²) in [6.45, 7) is 2.62. The van der Waals surface area contributed by atoms with Gasteiger partial charge in [-0.05, 0) is 31.9 Å². The maximum Gasteiger partial charge on any atom is 0.192 e. The van der Waals surface area contributed by atoms with Gasteiger partial charge < -0.3 is 4.42 Å². The summed E-state index contributed by atoms with van der Waals surface area (Å²) < 4.78 is 7.56. The molecule has 3 aromatic rings. The lowest BCUT2D eigenvalue weighted by atomic mass is 10.1. The van der Waals surface area contributed by atoms with Gasteiger partial charge in [-0.25, -0.2) is 0 Å². The minimum absolute atomic E-state index is 0.102. The highest BCUT2D eigenvalue weighted by Gasteiger charge is 2.30. The Morgan fingerprint density at radius 1 is 1.24 bits per heavy atom. The summed E-state index contributed by atoms with van der Waals surface area (Å²) in [5.41, 5.74) is 1.88. The zero-order valence-corrected chi connectivity index (χ0v) is 14.8. The van der Waals surface area contributed by atoms with Crippen molar-refractivity contribution in [2.24, 2.45) is 0 Å². The number of nitrogens with zero attached hydrogens (tertiary/aromatic N) is 3. The Labute approximate surface area is 150 Å². The van der Waals surface area contributed by atoms with Crippen LogP contribution >= 0.6 is 11.8 Å². The molecule has 0 atom stereocenters. The molecule has 128 valence electrons. The van der Waals surface area contributed by atoms with Crippen molar-refractivity contribution in [2.75, 3.05) is 5.75 Å². The molecule has 0 bridgehead atoms. The van der Waals surface area contributed by atoms with Gasteiger partial charge >= 0.3 is 0 Å². The first kappa shape index (κ1) is 16.1. The van der Waals surface area contributed by atoms with Gasteiger partial charge in [-0.2, -0.15) is 0 Å². The largest absolute Gasteiger partial charge is 0.467 e. The van der Waals surface area contributed by atoms with E-state index in [1.165, 1.54) is 11.8 Å². The highest BCUT2D eigenvalue weighted by molar-refractivity contribution is 7.99. The van der Waals surface area contributed by atoms with Gasteiger partial charge in [0.15, 0.2) is 10.9 Å². The molecule has 4 rings (SSSR count). The van der Waals surface area contributed by atoms with Crippen LogP contribution in [0.1, 0.15) is 46.3 Å². The molecule has 25 heavy (non-hydrogen) atoms. The molecule has 2 aromatic heterocycles. The average Bonchev–Trinajstić information content (AvgIpc) is 3.18. The zero-order valence-electron chi connectivity index (χ0n) is 14.0. The molecule has 0 amide bonds. The molecular weight excluding hydrogens is 334 g/mol. The molecule has 1 aliphatic rings. The van der Waals surface area contributed by atoms with Crippen molar-refractivity contribution >= 4 is 17.5 Å². The Bertz CT molecular complexity index is 865. The molecule has 0 saturated heterocycles. The first-order chi connectivity index (χ1) is 12.2. The predicted octanol–water partition coefficient (Wildman–Crippen LogP) is 4.08. The van der Waals surface area contributed by atoms with Gasteiger partial charge in [0.05, 0.1) is 18.6 Å². The number of furan rings is 1. The molecule has 0 spiro atoms. The van der Waals surface area contributed by atoms with E-state index in [1.807, 2.05) is 43.3 Å². The molecular formula is C19H19N3O2S. The number of benzene rings is 1. The fourth-order valence-corrected chi connectivity index (χ4v) is 3.55. The van der Waals surface area contributed by atoms with Crippen LogP contribution in [-0.4, -0.2) is 26.3 Å². The van der Waals surface area contributed by atoms with Crippen molar-refractivity contribution in [3.8, 4) is 0 Å². The third-order valence-corrected chi connectivity index (χ3v) is 5.25. The van der Waals surface area contributed by atoms with E-state index >= 15 is 0 Å². The Morgan fingerprint density at radius 3 is 2.72 bits per heavy atom. The normalized spacial score (nSPS) is 14.0. The molecule has 0 aliphatic heterocycles. The van der Waals surface area contributed by atoms with Crippen molar-refractivity contribution in [3.63, 3.8) is 0 Å². The van der Waals surface area contributed by atoms with E-state index in [4.69, 9.17) is 4.42 Å². The zero-order chi connectivity index (χ0) is 17.2. The summed E-state index contributed by atoms with van der Waals surface area (Å²) in [4.78, 5) is 12.4. The van der Waals surface area contributed by atoms with Crippen molar-refractivity contribution in [1.82, 2.24) is 14.8 Å². The molecule has 1 saturated carbocycles. The van der Waals surface area contributed by atoms with Crippen LogP contribution < -0.4 is 0 Å². The molecule has 0 unspecified atom stereocenters. The monoisotopic (exact) mass is 353 g/mol. The minimum atomic E-state index is 0.102. The Morgan fingerprint density at radius 2 is 2.04 bits per heavy atom. The van der Waals surface area contributed by atoms with E-state index < -0.39 is 0 Å². The van der Waals surface area contributed by atoms with Crippen LogP contribution in [0, 0.1) is 6.92 Å². The molecule has 0 N–H and O–H groups in total. The van der Waals surface area contributed by atoms with Crippen LogP contribution in [0.2, 0.25) is 0 Å². The van der Waals surface area contributed by atoms with Crippen LogP contribution in [0.3, 0.4) is 0 Å². The van der Waals surface area contributed by atoms with E-state index in [9.17, 15) is 4.79 Å². The fourth-order valence-electron chi connectivity index (χ4n) is 2.71. The van der Waals surface area contributed by atoms with Crippen LogP contribution in [0.25, 0.3) is 0 Å². The van der Waals surface area contributed by atoms with Gasteiger partial charge in [-0.15, -0.1) is 10.2 Å². The van der Waals surface area contributed by atoms with Crippen molar-refractivity contribution in [1.29, 1.82) is 0 Å². The van der Waals surface area contributed by atoms with Crippen molar-refractivity contribution in [2.45, 2.75) is 37.4 Å². The number of aryl methyl sites for hydroxylation is 1. The fraction of sp³-hybridized carbons (Fsp3) is 0.316. The summed E-state index contributed by atoms with van der Waals surface area (Å²) in [5.74, 6) is 2.81. The van der Waals surface area contributed by atoms with Crippen LogP contribution in [0.15, 0.2) is 52.2 Å². The van der Waals surface area contributed by atoms with E-state index in [-0.39, 0.29) is 5.78 Å². The number of aromatic nitrogens is 3. The molecule has 2 heterocycles. The Hall–Kier alpha value is -2.34. The van der Waals surface area contributed by atoms with E-state index in [0.717, 1.165) is 40.7 Å². The SMILES string of the molecule is Cc1ccc(C(=O)CSc2nnc(C3CC3)n2Cc2ccco2)cc1. The van der Waals surface area contributed by atoms with Crippen LogP contribution in [0.5, 0.6) is 0 Å². The summed E-state index contributed by atoms with van der Waals surface area (Å²) in [6.07, 6.45) is 3.98. The standard InChI is InChI=1S/C19H19N3O2S/c1-13-4-6-14(7-5-13)17(23)12-25-19-21-20-18(15-8-9-15)22(19)11-16-3-2-10-24-16/h2-7,10,15H,8-9,11-12H2,1H3. The Kier molecular flexibility index (Phi) is 4.44. The average molecular weight is 353 g/mol. The number of hydrogen-bond donors (Lipinski definition) is 0. The predicted molar refractivity (Wildman–Crippen MR) is 96.0 cm³/mol. The van der Waals surface area contributed by atoms with Crippen molar-refractivity contribution in [3.05, 3.63) is 65.4 Å². The van der Waals surface area contributed by atoms with Gasteiger partial charge in [-0.1, -0.05) is 41.6 Å². The lowest BCUT2D eigenvalue weighted by Crippen LogP contribution is -2.07. The summed E-state index contributed by atoms with van der Waals surface area (Å²) in [5, 5.41) is 9.46. The summed E-state index contributed by atoms with van der Waals surface area (Å²) >= 11 is 1.44. The number of carbonyl (C=O) groups is 1. The van der Waals surface area contributed by atoms with Gasteiger partial charge in [0, 0.05) is 11.5 Å². The van der Waals surface area contributed by atoms with Crippen LogP contribution in [0.4, 0.5) is 0 Å². The third kappa shape index (κ3) is 3.69. The molecule has 6 heteroatoms. The quantitative estimate of drug-likeness (QED) is 0.473. The van der Waals surface area contributed by atoms with E-state index in [2.05, 4.69) is 14.8 Å². The highest BCUT2D eigenvalue weighted by Crippen LogP contribution is 2.40. The maximum absolute atomic E-state index is 12.4. The van der Waals surface area contributed by atoms with Crippen molar-refractivity contribution < 1.29 is 9.21 Å². The number of hydrogen-bond acceptors (Lipinski definition) is 5. The third-order valence-electron chi connectivity index (χ3n) is 4.29. The molecule has 1 fully saturated rings. The molecule has 0 radical (unpaired) electrons. The van der Waals surface area contributed by atoms with Gasteiger partial charge in [0.25, 0.3) is 0 Å². The number of rotatable bonds is 7. The summed E-state index contributed by atoms with van der Waals surface area (Å²) in [7, 11) is 0. The van der Waals surface area contributed by atoms with E-state index in [0.29, 0.717) is 18.2 Å². The number of thioether (sulfide) groups is 1. The van der Waals surface area contributed by atoms with Gasteiger partial charge in [-0.3, -0.25) is 9.36 Å². The summed E-state index contributed by atoms with van der Waals surface area (Å²) in [6, 6.07) is 11.5. The lowest BCUT2D eigenvalue weighted by Gasteiger charge is -2.08. The van der Waals surface area contributed by atoms with Crippen LogP contribution in [-0.2, 0) is 6.54 Å². The first-order valence-electron chi connectivity index (χ1n) is 8.39. The topological polar surface area (TPSA) is 60.9 Å². The molecule has 5 nitrogen and oxygen atoms in total. The number of carbonyl (C=O) groups excluding carboxylic acids is 1. The molecule has 1 aromatic carbocycles. The van der Waals surface area contributed by atoms with E-state index in [1.54, 1.807) is 6.26 Å². The maximum atomic E-state index is 12.4. The Balaban J connectivity index is 1.50. The minimum Gasteiger partial charge on any atom is -0.467 e. The second-order valence-electron chi connectivity index (χ2n) is 6.36. The first-order valence-corrected chi connectivity index (χ1v) is 9.37. The lowest BCUT2D eigenvalue weighted by molar-refractivity contribution is 0.102. The van der Waals surface area contributed by atoms with Gasteiger partial charge in [0.1, 0.15) is 11.6 Å². The second kappa shape index (κ2) is 6.88. The highest BCUT2D eigenvalue weighted by atomic mass is 32.2. The number of ketones is 1. The molecule has 1 aliphatic carbocycles. The van der Waals surface area contributed by atoms with Gasteiger partial charge in [0.2, 0.25) is 0 Å². The number of Topliss-reactive ketones (excluding diaryl/α,β-unsaturated/α-hetero) is 1. The second-order valence-corrected chi connectivity index (χ2v) is 7.30. The smallest absolute Gasteiger partial charge is 0.192 e.